The van der Waals surface area contributed by atoms with Gasteiger partial charge in [0.15, 0.2) is 17.3 Å². The van der Waals surface area contributed by atoms with Gasteiger partial charge in [-0.05, 0) is 36.8 Å². The second-order valence-electron chi connectivity index (χ2n) is 6.90. The molecule has 2 N–H and O–H groups in total. The molecule has 158 valence electrons. The topological polar surface area (TPSA) is 113 Å². The first kappa shape index (κ1) is 20.7. The largest absolute Gasteiger partial charge is 0.507 e. The van der Waals surface area contributed by atoms with Crippen LogP contribution in [0.2, 0.25) is 0 Å². The van der Waals surface area contributed by atoms with Crippen LogP contribution in [0.1, 0.15) is 22.9 Å². The molecule has 4 rings (SSSR count). The highest BCUT2D eigenvalue weighted by Crippen LogP contribution is 2.43. The normalized spacial score (nSPS) is 17.9. The molecule has 1 unspecified atom stereocenters. The van der Waals surface area contributed by atoms with Crippen LogP contribution in [0.15, 0.2) is 63.1 Å². The van der Waals surface area contributed by atoms with E-state index in [4.69, 9.17) is 9.26 Å². The van der Waals surface area contributed by atoms with Gasteiger partial charge in [0, 0.05) is 16.1 Å². The minimum atomic E-state index is -1.01. The molecule has 1 atom stereocenters. The molecular formula is C22H17BrN2O6. The van der Waals surface area contributed by atoms with Gasteiger partial charge in [0.05, 0.1) is 18.7 Å². The third-order valence-corrected chi connectivity index (χ3v) is 5.47. The van der Waals surface area contributed by atoms with Crippen molar-refractivity contribution in [3.05, 3.63) is 75.5 Å². The lowest BCUT2D eigenvalue weighted by Gasteiger charge is -2.23. The van der Waals surface area contributed by atoms with Crippen molar-refractivity contribution >= 4 is 39.2 Å². The Morgan fingerprint density at radius 2 is 1.87 bits per heavy atom. The number of anilines is 1. The highest BCUT2D eigenvalue weighted by molar-refractivity contribution is 9.10. The molecule has 1 saturated heterocycles. The fourth-order valence-electron chi connectivity index (χ4n) is 3.48. The first-order valence-electron chi connectivity index (χ1n) is 9.19. The monoisotopic (exact) mass is 484 g/mol. The van der Waals surface area contributed by atoms with Gasteiger partial charge in [0.2, 0.25) is 0 Å². The Kier molecular flexibility index (Phi) is 5.28. The number of amides is 1. The summed E-state index contributed by atoms with van der Waals surface area (Å²) in [6.07, 6.45) is 0. The number of aliphatic hydroxyl groups excluding tert-OH is 1. The number of ether oxygens (including phenoxy) is 1. The highest BCUT2D eigenvalue weighted by atomic mass is 79.9. The average molecular weight is 485 g/mol. The number of hydrogen-bond donors (Lipinski definition) is 2. The van der Waals surface area contributed by atoms with Crippen LogP contribution in [-0.4, -0.2) is 34.2 Å². The van der Waals surface area contributed by atoms with Gasteiger partial charge >= 0.3 is 5.91 Å². The number of Topliss-reactive ketones (excluding diaryl/α,β-unsaturated/α-hetero) is 1. The summed E-state index contributed by atoms with van der Waals surface area (Å²) < 4.78 is 11.1. The zero-order chi connectivity index (χ0) is 22.3. The number of aliphatic hydroxyl groups is 1. The van der Waals surface area contributed by atoms with Gasteiger partial charge in [0.1, 0.15) is 11.5 Å². The Morgan fingerprint density at radius 1 is 1.16 bits per heavy atom. The molecule has 8 nitrogen and oxygen atoms in total. The van der Waals surface area contributed by atoms with Crippen LogP contribution in [0.4, 0.5) is 5.82 Å². The van der Waals surface area contributed by atoms with Gasteiger partial charge in [0.25, 0.3) is 5.78 Å². The number of benzene rings is 2. The van der Waals surface area contributed by atoms with Crippen LogP contribution in [0.5, 0.6) is 11.5 Å². The molecule has 9 heteroatoms. The zero-order valence-corrected chi connectivity index (χ0v) is 18.1. The number of ketones is 1. The SMILES string of the molecule is COc1cc(C2/C(=C(\O)c3ccc(Br)cc3)C(=O)C(=O)N2c2cc(C)on2)ccc1O. The Morgan fingerprint density at radius 3 is 2.48 bits per heavy atom. The van der Waals surface area contributed by atoms with Gasteiger partial charge in [-0.25, -0.2) is 0 Å². The molecule has 31 heavy (non-hydrogen) atoms. The summed E-state index contributed by atoms with van der Waals surface area (Å²) in [4.78, 5) is 27.2. The number of carbonyl (C=O) groups is 2. The first-order valence-corrected chi connectivity index (χ1v) is 9.98. The molecule has 1 aliphatic rings. The second-order valence-corrected chi connectivity index (χ2v) is 7.82. The molecule has 2 aromatic carbocycles. The van der Waals surface area contributed by atoms with E-state index in [0.717, 1.165) is 9.37 Å². The fraction of sp³-hybridized carbons (Fsp3) is 0.136. The zero-order valence-electron chi connectivity index (χ0n) is 16.5. The lowest BCUT2D eigenvalue weighted by molar-refractivity contribution is -0.132. The summed E-state index contributed by atoms with van der Waals surface area (Å²) >= 11 is 3.33. The third-order valence-electron chi connectivity index (χ3n) is 4.94. The van der Waals surface area contributed by atoms with Gasteiger partial charge in [-0.15, -0.1) is 0 Å². The van der Waals surface area contributed by atoms with Crippen molar-refractivity contribution in [1.82, 2.24) is 5.16 Å². The number of methoxy groups -OCH3 is 1. The summed E-state index contributed by atoms with van der Waals surface area (Å²) in [6, 6.07) is 11.6. The summed E-state index contributed by atoms with van der Waals surface area (Å²) in [6.45, 7) is 1.66. The van der Waals surface area contributed by atoms with Crippen LogP contribution in [0.3, 0.4) is 0 Å². The Hall–Kier alpha value is -3.59. The first-order chi connectivity index (χ1) is 14.8. The molecule has 2 heterocycles. The van der Waals surface area contributed by atoms with E-state index in [1.54, 1.807) is 37.3 Å². The number of aromatic hydroxyl groups is 1. The maximum Gasteiger partial charge on any atom is 0.301 e. The van der Waals surface area contributed by atoms with Crippen molar-refractivity contribution in [1.29, 1.82) is 0 Å². The van der Waals surface area contributed by atoms with Gasteiger partial charge in [-0.2, -0.15) is 0 Å². The standard InChI is InChI=1S/C22H17BrN2O6/c1-11-9-17(24-31-11)25-19(13-5-8-15(26)16(10-13)30-2)18(21(28)22(25)29)20(27)12-3-6-14(23)7-4-12/h3-10,19,26-27H,1-2H3/b20-18+. The van der Waals surface area contributed by atoms with E-state index in [9.17, 15) is 19.8 Å². The Labute approximate surface area is 185 Å². The lowest BCUT2D eigenvalue weighted by atomic mass is 9.95. The fourth-order valence-corrected chi connectivity index (χ4v) is 3.74. The van der Waals surface area contributed by atoms with E-state index in [1.807, 2.05) is 0 Å². The second kappa shape index (κ2) is 7.92. The van der Waals surface area contributed by atoms with Crippen LogP contribution in [-0.2, 0) is 9.59 Å². The summed E-state index contributed by atoms with van der Waals surface area (Å²) in [7, 11) is 1.39. The van der Waals surface area contributed by atoms with E-state index in [-0.39, 0.29) is 28.6 Å². The van der Waals surface area contributed by atoms with Crippen molar-refractivity contribution in [3.63, 3.8) is 0 Å². The summed E-state index contributed by atoms with van der Waals surface area (Å²) in [5.41, 5.74) is 0.696. The number of halogens is 1. The van der Waals surface area contributed by atoms with Crippen molar-refractivity contribution in [2.75, 3.05) is 12.0 Å². The molecule has 0 saturated carbocycles. The summed E-state index contributed by atoms with van der Waals surface area (Å²) in [5, 5.41) is 24.9. The summed E-state index contributed by atoms with van der Waals surface area (Å²) in [5.74, 6) is -1.41. The third kappa shape index (κ3) is 3.57. The molecule has 1 aliphatic heterocycles. The molecule has 1 fully saturated rings. The Balaban J connectivity index is 1.96. The molecule has 3 aromatic rings. The minimum Gasteiger partial charge on any atom is -0.507 e. The Bertz CT molecular complexity index is 1210. The average Bonchev–Trinajstić information content (AvgIpc) is 3.29. The molecule has 1 amide bonds. The minimum absolute atomic E-state index is 0.103. The number of carbonyl (C=O) groups excluding carboxylic acids is 2. The van der Waals surface area contributed by atoms with Gasteiger partial charge < -0.3 is 19.5 Å². The number of aromatic nitrogens is 1. The molecule has 0 radical (unpaired) electrons. The van der Waals surface area contributed by atoms with Crippen molar-refractivity contribution < 1.29 is 29.1 Å². The van der Waals surface area contributed by atoms with Gasteiger partial charge in [-0.1, -0.05) is 39.3 Å². The van der Waals surface area contributed by atoms with Crippen molar-refractivity contribution in [2.24, 2.45) is 0 Å². The predicted octanol–water partition coefficient (Wildman–Crippen LogP) is 4.09. The molecular weight excluding hydrogens is 468 g/mol. The number of phenols is 1. The maximum atomic E-state index is 13.0. The molecule has 0 spiro atoms. The van der Waals surface area contributed by atoms with E-state index >= 15 is 0 Å². The molecule has 1 aromatic heterocycles. The molecule has 0 bridgehead atoms. The van der Waals surface area contributed by atoms with E-state index in [2.05, 4.69) is 21.1 Å². The van der Waals surface area contributed by atoms with Crippen molar-refractivity contribution in [3.8, 4) is 11.5 Å². The number of phenolic OH excluding ortho intramolecular Hbond substituents is 1. The van der Waals surface area contributed by atoms with Gasteiger partial charge in [-0.3, -0.25) is 14.5 Å². The number of nitrogens with zero attached hydrogens (tertiary/aromatic N) is 2. The van der Waals surface area contributed by atoms with Crippen LogP contribution >= 0.6 is 15.9 Å². The number of rotatable bonds is 4. The smallest absolute Gasteiger partial charge is 0.301 e. The maximum absolute atomic E-state index is 13.0. The van der Waals surface area contributed by atoms with Crippen LogP contribution in [0, 0.1) is 6.92 Å². The van der Waals surface area contributed by atoms with Crippen LogP contribution in [0.25, 0.3) is 5.76 Å². The van der Waals surface area contributed by atoms with Crippen LogP contribution < -0.4 is 9.64 Å². The lowest BCUT2D eigenvalue weighted by Crippen LogP contribution is -2.29. The molecule has 0 aliphatic carbocycles. The van der Waals surface area contributed by atoms with Crippen molar-refractivity contribution in [2.45, 2.75) is 13.0 Å². The predicted molar refractivity (Wildman–Crippen MR) is 115 cm³/mol. The quantitative estimate of drug-likeness (QED) is 0.325. The van der Waals surface area contributed by atoms with E-state index in [0.29, 0.717) is 16.9 Å². The number of hydrogen-bond acceptors (Lipinski definition) is 7. The van der Waals surface area contributed by atoms with E-state index in [1.165, 1.54) is 25.3 Å². The highest BCUT2D eigenvalue weighted by Gasteiger charge is 2.48. The van der Waals surface area contributed by atoms with E-state index < -0.39 is 17.7 Å². The number of aryl methyl sites for hydroxylation is 1.